The lowest BCUT2D eigenvalue weighted by Crippen LogP contribution is -2.34. The molecule has 2 N–H and O–H groups in total. The smallest absolute Gasteiger partial charge is 0.243 e. The van der Waals surface area contributed by atoms with E-state index in [-0.39, 0.29) is 4.90 Å². The molecule has 2 heterocycles. The molecule has 5 aromatic rings. The summed E-state index contributed by atoms with van der Waals surface area (Å²) in [7, 11) is -3.70. The van der Waals surface area contributed by atoms with Crippen molar-refractivity contribution in [1.82, 2.24) is 14.3 Å². The number of aromatic nitrogens is 2. The fourth-order valence-electron chi connectivity index (χ4n) is 5.02. The van der Waals surface area contributed by atoms with E-state index >= 15 is 0 Å². The second kappa shape index (κ2) is 13.8. The zero-order valence-corrected chi connectivity index (χ0v) is 27.8. The highest BCUT2D eigenvalue weighted by atomic mass is 79.9. The van der Waals surface area contributed by atoms with Crippen molar-refractivity contribution in [2.24, 2.45) is 0 Å². The van der Waals surface area contributed by atoms with E-state index in [1.54, 1.807) is 28.6 Å². The zero-order valence-electron chi connectivity index (χ0n) is 23.9. The summed E-state index contributed by atoms with van der Waals surface area (Å²) in [6.45, 7) is 5.79. The molecule has 2 aromatic heterocycles. The van der Waals surface area contributed by atoms with Gasteiger partial charge in [-0.05, 0) is 99.5 Å². The Morgan fingerprint density at radius 1 is 0.721 bits per heavy atom. The molecule has 0 unspecified atom stereocenters. The number of benzene rings is 3. The molecule has 0 saturated heterocycles. The van der Waals surface area contributed by atoms with Crippen LogP contribution in [0.1, 0.15) is 24.2 Å². The van der Waals surface area contributed by atoms with E-state index in [1.165, 1.54) is 0 Å². The van der Waals surface area contributed by atoms with Crippen LogP contribution in [0.25, 0.3) is 21.8 Å². The Bertz CT molecular complexity index is 1770. The lowest BCUT2D eigenvalue weighted by molar-refractivity contribution is 0.405. The molecular formula is C32H32BrCl2N5O2S. The summed E-state index contributed by atoms with van der Waals surface area (Å²) in [5.41, 5.74) is 5.36. The van der Waals surface area contributed by atoms with Gasteiger partial charge in [-0.2, -0.15) is 4.31 Å². The van der Waals surface area contributed by atoms with Crippen molar-refractivity contribution in [1.29, 1.82) is 0 Å². The van der Waals surface area contributed by atoms with Crippen molar-refractivity contribution < 1.29 is 8.42 Å². The molecule has 7 nitrogen and oxygen atoms in total. The molecule has 0 fully saturated rings. The summed E-state index contributed by atoms with van der Waals surface area (Å²) in [6, 6.07) is 22.0. The molecular weight excluding hydrogens is 669 g/mol. The van der Waals surface area contributed by atoms with Gasteiger partial charge in [0.25, 0.3) is 0 Å². The lowest BCUT2D eigenvalue weighted by Gasteiger charge is -2.23. The first-order valence-electron chi connectivity index (χ1n) is 14.0. The maximum absolute atomic E-state index is 13.7. The Kier molecular flexibility index (Phi) is 10.1. The van der Waals surface area contributed by atoms with Gasteiger partial charge in [-0.1, -0.05) is 39.1 Å². The molecule has 224 valence electrons. The van der Waals surface area contributed by atoms with Gasteiger partial charge in [-0.3, -0.25) is 9.97 Å². The van der Waals surface area contributed by atoms with Gasteiger partial charge in [0.05, 0.1) is 15.9 Å². The predicted octanol–water partition coefficient (Wildman–Crippen LogP) is 8.46. The minimum absolute atomic E-state index is 0.271. The Morgan fingerprint density at radius 3 is 1.65 bits per heavy atom. The van der Waals surface area contributed by atoms with Crippen LogP contribution < -0.4 is 10.6 Å². The highest BCUT2D eigenvalue weighted by Crippen LogP contribution is 2.28. The number of fused-ring (bicyclic) bond motifs is 2. The SMILES string of the molecule is Cc1cc(NCCCN(CCCNc2cc(C)nc3ccc(Cl)cc23)S(=O)(=O)c2ccc(Br)cc2)c2cc(Cl)ccc2n1. The fraction of sp³-hybridized carbons (Fsp3) is 0.250. The van der Waals surface area contributed by atoms with Crippen LogP contribution in [0.15, 0.2) is 82.2 Å². The molecule has 0 saturated carbocycles. The number of halogens is 3. The zero-order chi connectivity index (χ0) is 30.6. The highest BCUT2D eigenvalue weighted by Gasteiger charge is 2.24. The molecule has 0 bridgehead atoms. The summed E-state index contributed by atoms with van der Waals surface area (Å²) in [4.78, 5) is 9.45. The Balaban J connectivity index is 1.27. The number of aryl methyl sites for hydroxylation is 2. The number of sulfonamides is 1. The first-order chi connectivity index (χ1) is 20.6. The quantitative estimate of drug-likeness (QED) is 0.127. The van der Waals surface area contributed by atoms with Crippen LogP contribution >= 0.6 is 39.1 Å². The van der Waals surface area contributed by atoms with Crippen LogP contribution in [0.2, 0.25) is 10.0 Å². The van der Waals surface area contributed by atoms with Gasteiger partial charge in [-0.25, -0.2) is 8.42 Å². The molecule has 0 atom stereocenters. The average Bonchev–Trinajstić information content (AvgIpc) is 2.96. The molecule has 0 spiro atoms. The first-order valence-corrected chi connectivity index (χ1v) is 17.0. The molecule has 5 rings (SSSR count). The van der Waals surface area contributed by atoms with Crippen molar-refractivity contribution in [2.75, 3.05) is 36.8 Å². The molecule has 0 radical (unpaired) electrons. The van der Waals surface area contributed by atoms with Gasteiger partial charge < -0.3 is 10.6 Å². The third-order valence-electron chi connectivity index (χ3n) is 7.05. The van der Waals surface area contributed by atoms with Crippen LogP contribution in [0.4, 0.5) is 11.4 Å². The molecule has 0 aliphatic rings. The second-order valence-electron chi connectivity index (χ2n) is 10.4. The number of nitrogens with one attached hydrogen (secondary N) is 2. The predicted molar refractivity (Wildman–Crippen MR) is 182 cm³/mol. The molecule has 0 amide bonds. The largest absolute Gasteiger partial charge is 0.384 e. The number of pyridine rings is 2. The van der Waals surface area contributed by atoms with Crippen molar-refractivity contribution in [3.05, 3.63) is 98.7 Å². The number of hydrogen-bond donors (Lipinski definition) is 2. The van der Waals surface area contributed by atoms with Gasteiger partial charge in [0, 0.05) is 74.2 Å². The standard InChI is InChI=1S/C32H32BrCl2N5O2S/c1-21-17-31(27-19-24(34)7-11-29(27)38-21)36-13-3-15-40(43(41,42)26-9-5-23(33)6-10-26)16-4-14-37-32-18-22(2)39-30-12-8-25(35)20-28(30)32/h5-12,17-20H,3-4,13-16H2,1-2H3,(H,36,38)(H,37,39). The van der Waals surface area contributed by atoms with Crippen molar-refractivity contribution in [3.63, 3.8) is 0 Å². The molecule has 3 aromatic carbocycles. The summed E-state index contributed by atoms with van der Waals surface area (Å²) in [6.07, 6.45) is 1.22. The van der Waals surface area contributed by atoms with Crippen LogP contribution in [0.5, 0.6) is 0 Å². The third-order valence-corrected chi connectivity index (χ3v) is 9.96. The lowest BCUT2D eigenvalue weighted by atomic mass is 10.1. The van der Waals surface area contributed by atoms with Crippen molar-refractivity contribution >= 4 is 82.3 Å². The summed E-state index contributed by atoms with van der Waals surface area (Å²) in [5, 5.41) is 10.1. The van der Waals surface area contributed by atoms with E-state index in [4.69, 9.17) is 23.2 Å². The number of hydrogen-bond acceptors (Lipinski definition) is 6. The van der Waals surface area contributed by atoms with E-state index in [0.717, 1.165) is 49.0 Å². The van der Waals surface area contributed by atoms with E-state index in [2.05, 4.69) is 36.5 Å². The maximum Gasteiger partial charge on any atom is 0.243 e. The van der Waals surface area contributed by atoms with Gasteiger partial charge in [0.1, 0.15) is 0 Å². The van der Waals surface area contributed by atoms with Gasteiger partial charge in [0.2, 0.25) is 10.0 Å². The summed E-state index contributed by atoms with van der Waals surface area (Å²) >= 11 is 15.9. The number of nitrogens with zero attached hydrogens (tertiary/aromatic N) is 3. The molecule has 0 aliphatic heterocycles. The average molecular weight is 702 g/mol. The summed E-state index contributed by atoms with van der Waals surface area (Å²) < 4.78 is 29.8. The highest BCUT2D eigenvalue weighted by molar-refractivity contribution is 9.10. The minimum atomic E-state index is -3.70. The van der Waals surface area contributed by atoms with Gasteiger partial charge >= 0.3 is 0 Å². The fourth-order valence-corrected chi connectivity index (χ4v) is 7.14. The maximum atomic E-state index is 13.7. The van der Waals surface area contributed by atoms with Gasteiger partial charge in [-0.15, -0.1) is 0 Å². The summed E-state index contributed by atoms with van der Waals surface area (Å²) in [5.74, 6) is 0. The molecule has 43 heavy (non-hydrogen) atoms. The van der Waals surface area contributed by atoms with E-state index in [0.29, 0.717) is 49.1 Å². The van der Waals surface area contributed by atoms with Crippen LogP contribution in [-0.4, -0.2) is 48.9 Å². The number of anilines is 2. The normalized spacial score (nSPS) is 11.9. The van der Waals surface area contributed by atoms with Gasteiger partial charge in [0.15, 0.2) is 0 Å². The van der Waals surface area contributed by atoms with Crippen LogP contribution in [0.3, 0.4) is 0 Å². The van der Waals surface area contributed by atoms with E-state index in [1.807, 2.05) is 62.4 Å². The molecule has 11 heteroatoms. The van der Waals surface area contributed by atoms with E-state index in [9.17, 15) is 8.42 Å². The van der Waals surface area contributed by atoms with Crippen molar-refractivity contribution in [2.45, 2.75) is 31.6 Å². The van der Waals surface area contributed by atoms with Crippen LogP contribution in [-0.2, 0) is 10.0 Å². The Labute approximate surface area is 270 Å². The van der Waals surface area contributed by atoms with Crippen molar-refractivity contribution in [3.8, 4) is 0 Å². The Hall–Kier alpha value is -2.95. The second-order valence-corrected chi connectivity index (χ2v) is 14.1. The third kappa shape index (κ3) is 7.77. The molecule has 0 aliphatic carbocycles. The number of rotatable bonds is 12. The topological polar surface area (TPSA) is 87.2 Å². The minimum Gasteiger partial charge on any atom is -0.384 e. The monoisotopic (exact) mass is 699 g/mol. The van der Waals surface area contributed by atoms with E-state index < -0.39 is 10.0 Å². The first kappa shape index (κ1) is 31.5. The van der Waals surface area contributed by atoms with Crippen LogP contribution in [0, 0.1) is 13.8 Å². The Morgan fingerprint density at radius 2 is 1.19 bits per heavy atom.